The van der Waals surface area contributed by atoms with E-state index < -0.39 is 9.84 Å². The second kappa shape index (κ2) is 5.63. The molecule has 0 saturated carbocycles. The van der Waals surface area contributed by atoms with Gasteiger partial charge >= 0.3 is 0 Å². The lowest BCUT2D eigenvalue weighted by Crippen LogP contribution is -2.45. The third-order valence-corrected chi connectivity index (χ3v) is 4.28. The molecule has 0 aliphatic carbocycles. The van der Waals surface area contributed by atoms with Gasteiger partial charge < -0.3 is 10.6 Å². The molecular formula is C10H20N2O3S. The molecule has 1 rings (SSSR count). The predicted octanol–water partition coefficient (Wildman–Crippen LogP) is -0.322. The maximum absolute atomic E-state index is 11.3. The summed E-state index contributed by atoms with van der Waals surface area (Å²) < 4.78 is 22.7. The van der Waals surface area contributed by atoms with Gasteiger partial charge in [0.25, 0.3) is 0 Å². The summed E-state index contributed by atoms with van der Waals surface area (Å²) in [5.41, 5.74) is 0. The van der Waals surface area contributed by atoms with Crippen LogP contribution < -0.4 is 10.6 Å². The van der Waals surface area contributed by atoms with Crippen LogP contribution in [0.2, 0.25) is 0 Å². The molecule has 0 bridgehead atoms. The highest BCUT2D eigenvalue weighted by atomic mass is 32.2. The molecule has 0 spiro atoms. The first-order valence-corrected chi connectivity index (χ1v) is 7.44. The number of carbonyl (C=O) groups is 1. The Labute approximate surface area is 96.9 Å². The topological polar surface area (TPSA) is 75.3 Å². The van der Waals surface area contributed by atoms with Gasteiger partial charge in [-0.05, 0) is 26.7 Å². The molecule has 1 amide bonds. The molecule has 1 fully saturated rings. The summed E-state index contributed by atoms with van der Waals surface area (Å²) in [6.07, 6.45) is 1.51. The van der Waals surface area contributed by atoms with Crippen molar-refractivity contribution in [2.24, 2.45) is 0 Å². The number of rotatable bonds is 4. The van der Waals surface area contributed by atoms with Crippen LogP contribution in [0.25, 0.3) is 0 Å². The van der Waals surface area contributed by atoms with Gasteiger partial charge in [-0.25, -0.2) is 8.42 Å². The van der Waals surface area contributed by atoms with Crippen molar-refractivity contribution in [2.75, 3.05) is 18.1 Å². The number of amides is 1. The molecule has 0 aromatic carbocycles. The lowest BCUT2D eigenvalue weighted by Gasteiger charge is -2.23. The van der Waals surface area contributed by atoms with Crippen molar-refractivity contribution in [1.82, 2.24) is 10.6 Å². The summed E-state index contributed by atoms with van der Waals surface area (Å²) in [4.78, 5) is 11.3. The van der Waals surface area contributed by atoms with Crippen LogP contribution in [0.3, 0.4) is 0 Å². The fourth-order valence-corrected chi connectivity index (χ4v) is 3.46. The van der Waals surface area contributed by atoms with E-state index in [1.807, 2.05) is 13.8 Å². The first kappa shape index (κ1) is 13.4. The van der Waals surface area contributed by atoms with Crippen molar-refractivity contribution >= 4 is 15.7 Å². The molecule has 1 atom stereocenters. The number of sulfone groups is 1. The van der Waals surface area contributed by atoms with E-state index in [0.29, 0.717) is 6.42 Å². The first-order chi connectivity index (χ1) is 7.39. The Bertz CT molecular complexity index is 338. The summed E-state index contributed by atoms with van der Waals surface area (Å²) in [7, 11) is -2.90. The van der Waals surface area contributed by atoms with E-state index in [-0.39, 0.29) is 36.0 Å². The second-order valence-electron chi connectivity index (χ2n) is 4.56. The molecule has 1 aliphatic rings. The maximum atomic E-state index is 11.3. The van der Waals surface area contributed by atoms with Gasteiger partial charge in [0, 0.05) is 12.1 Å². The van der Waals surface area contributed by atoms with Crippen LogP contribution in [0.15, 0.2) is 0 Å². The zero-order valence-corrected chi connectivity index (χ0v) is 10.6. The molecular weight excluding hydrogens is 228 g/mol. The lowest BCUT2D eigenvalue weighted by molar-refractivity contribution is -0.120. The van der Waals surface area contributed by atoms with Gasteiger partial charge in [-0.15, -0.1) is 0 Å². The minimum atomic E-state index is -2.90. The normalized spacial score (nSPS) is 24.3. The van der Waals surface area contributed by atoms with E-state index in [2.05, 4.69) is 10.6 Å². The average Bonchev–Trinajstić information content (AvgIpc) is 2.12. The highest BCUT2D eigenvalue weighted by molar-refractivity contribution is 7.91. The molecule has 1 aliphatic heterocycles. The summed E-state index contributed by atoms with van der Waals surface area (Å²) in [5, 5.41) is 5.74. The largest absolute Gasteiger partial charge is 0.353 e. The summed E-state index contributed by atoms with van der Waals surface area (Å²) >= 11 is 0. The molecule has 1 saturated heterocycles. The van der Waals surface area contributed by atoms with Crippen molar-refractivity contribution in [2.45, 2.75) is 38.8 Å². The summed E-state index contributed by atoms with van der Waals surface area (Å²) in [6, 6.07) is 0.0426. The monoisotopic (exact) mass is 248 g/mol. The molecule has 5 nitrogen and oxygen atoms in total. The Balaban J connectivity index is 2.30. The highest BCUT2D eigenvalue weighted by Crippen LogP contribution is 2.11. The van der Waals surface area contributed by atoms with Crippen LogP contribution in [0.5, 0.6) is 0 Å². The smallest absolute Gasteiger partial charge is 0.234 e. The van der Waals surface area contributed by atoms with E-state index >= 15 is 0 Å². The van der Waals surface area contributed by atoms with Gasteiger partial charge in [-0.1, -0.05) is 0 Å². The predicted molar refractivity (Wildman–Crippen MR) is 63.0 cm³/mol. The lowest BCUT2D eigenvalue weighted by atomic mass is 10.2. The average molecular weight is 248 g/mol. The Morgan fingerprint density at radius 3 is 2.69 bits per heavy atom. The SMILES string of the molecule is CC(C)NC(=O)CNC1CCCS(=O)(=O)C1. The number of hydrogen-bond donors (Lipinski definition) is 2. The maximum Gasteiger partial charge on any atom is 0.234 e. The van der Waals surface area contributed by atoms with E-state index in [1.54, 1.807) is 0 Å². The quantitative estimate of drug-likeness (QED) is 0.715. The second-order valence-corrected chi connectivity index (χ2v) is 6.79. The van der Waals surface area contributed by atoms with Crippen LogP contribution in [0.1, 0.15) is 26.7 Å². The third kappa shape index (κ3) is 4.94. The number of nitrogens with one attached hydrogen (secondary N) is 2. The zero-order valence-electron chi connectivity index (χ0n) is 9.82. The van der Waals surface area contributed by atoms with E-state index in [1.165, 1.54) is 0 Å². The summed E-state index contributed by atoms with van der Waals surface area (Å²) in [6.45, 7) is 3.98. The molecule has 1 unspecified atom stereocenters. The van der Waals surface area contributed by atoms with Gasteiger partial charge in [0.2, 0.25) is 5.91 Å². The highest BCUT2D eigenvalue weighted by Gasteiger charge is 2.24. The molecule has 16 heavy (non-hydrogen) atoms. The fourth-order valence-electron chi connectivity index (χ4n) is 1.79. The van der Waals surface area contributed by atoms with Crippen molar-refractivity contribution in [3.05, 3.63) is 0 Å². The van der Waals surface area contributed by atoms with E-state index in [4.69, 9.17) is 0 Å². The Hall–Kier alpha value is -0.620. The van der Waals surface area contributed by atoms with Crippen molar-refractivity contribution in [1.29, 1.82) is 0 Å². The Kier molecular flexibility index (Phi) is 4.73. The van der Waals surface area contributed by atoms with Crippen LogP contribution in [0.4, 0.5) is 0 Å². The van der Waals surface area contributed by atoms with Crippen LogP contribution in [-0.4, -0.2) is 44.5 Å². The van der Waals surface area contributed by atoms with Crippen LogP contribution >= 0.6 is 0 Å². The molecule has 1 heterocycles. The van der Waals surface area contributed by atoms with Crippen molar-refractivity contribution < 1.29 is 13.2 Å². The summed E-state index contributed by atoms with van der Waals surface area (Å²) in [5.74, 6) is 0.351. The van der Waals surface area contributed by atoms with Gasteiger partial charge in [0.15, 0.2) is 9.84 Å². The van der Waals surface area contributed by atoms with Gasteiger partial charge in [0.1, 0.15) is 0 Å². The molecule has 6 heteroatoms. The Morgan fingerprint density at radius 1 is 1.44 bits per heavy atom. The van der Waals surface area contributed by atoms with Gasteiger partial charge in [0.05, 0.1) is 18.1 Å². The van der Waals surface area contributed by atoms with Crippen LogP contribution in [0, 0.1) is 0 Å². The van der Waals surface area contributed by atoms with Crippen molar-refractivity contribution in [3.8, 4) is 0 Å². The zero-order chi connectivity index (χ0) is 12.2. The molecule has 2 N–H and O–H groups in total. The molecule has 0 aromatic heterocycles. The standard InChI is InChI=1S/C10H20N2O3S/c1-8(2)12-10(13)6-11-9-4-3-5-16(14,15)7-9/h8-9,11H,3-7H2,1-2H3,(H,12,13). The first-order valence-electron chi connectivity index (χ1n) is 5.62. The van der Waals surface area contributed by atoms with Crippen molar-refractivity contribution in [3.63, 3.8) is 0 Å². The van der Waals surface area contributed by atoms with E-state index in [0.717, 1.165) is 6.42 Å². The molecule has 0 aromatic rings. The minimum absolute atomic E-state index is 0.0725. The molecule has 94 valence electrons. The number of carbonyl (C=O) groups excluding carboxylic acids is 1. The van der Waals surface area contributed by atoms with E-state index in [9.17, 15) is 13.2 Å². The molecule has 0 radical (unpaired) electrons. The fraction of sp³-hybridized carbons (Fsp3) is 0.900. The van der Waals surface area contributed by atoms with Crippen LogP contribution in [-0.2, 0) is 14.6 Å². The number of hydrogen-bond acceptors (Lipinski definition) is 4. The third-order valence-electron chi connectivity index (χ3n) is 2.46. The van der Waals surface area contributed by atoms with Gasteiger partial charge in [-0.2, -0.15) is 0 Å². The van der Waals surface area contributed by atoms with Gasteiger partial charge in [-0.3, -0.25) is 4.79 Å². The Morgan fingerprint density at radius 2 is 2.12 bits per heavy atom. The minimum Gasteiger partial charge on any atom is -0.353 e.